The first-order valence-corrected chi connectivity index (χ1v) is 5.95. The van der Waals surface area contributed by atoms with Gasteiger partial charge in [-0.05, 0) is 24.3 Å². The number of pyridine rings is 1. The Balaban J connectivity index is 2.15. The average molecular weight is 269 g/mol. The minimum Gasteiger partial charge on any atom is -0.399 e. The van der Waals surface area contributed by atoms with E-state index in [0.29, 0.717) is 16.8 Å². The number of nitrogens with one attached hydrogen (secondary N) is 1. The van der Waals surface area contributed by atoms with Crippen molar-refractivity contribution < 1.29 is 4.39 Å². The van der Waals surface area contributed by atoms with Crippen LogP contribution in [-0.4, -0.2) is 15.2 Å². The first-order chi connectivity index (χ1) is 9.65. The second kappa shape index (κ2) is 4.65. The van der Waals surface area contributed by atoms with E-state index in [1.165, 1.54) is 6.07 Å². The third-order valence-electron chi connectivity index (χ3n) is 3.03. The van der Waals surface area contributed by atoms with E-state index in [4.69, 9.17) is 11.5 Å². The summed E-state index contributed by atoms with van der Waals surface area (Å²) < 4.78 is 14.0. The molecule has 20 heavy (non-hydrogen) atoms. The summed E-state index contributed by atoms with van der Waals surface area (Å²) in [7, 11) is 0. The fourth-order valence-corrected chi connectivity index (χ4v) is 2.01. The summed E-state index contributed by atoms with van der Waals surface area (Å²) in [5.41, 5.74) is 14.3. The highest BCUT2D eigenvalue weighted by Crippen LogP contribution is 2.31. The van der Waals surface area contributed by atoms with Crippen molar-refractivity contribution in [2.75, 3.05) is 11.5 Å². The number of benzene rings is 1. The Hall–Kier alpha value is -2.89. The molecule has 0 radical (unpaired) electrons. The van der Waals surface area contributed by atoms with Crippen LogP contribution in [0.4, 0.5) is 15.9 Å². The van der Waals surface area contributed by atoms with Crippen LogP contribution in [0.15, 0.2) is 42.9 Å². The third-order valence-corrected chi connectivity index (χ3v) is 3.03. The SMILES string of the molecule is Nc1ccc(-c2cc(-c3cn[nH]c3)cnc2N)c(F)c1. The van der Waals surface area contributed by atoms with Crippen LogP contribution in [0.25, 0.3) is 22.3 Å². The van der Waals surface area contributed by atoms with E-state index in [9.17, 15) is 4.39 Å². The maximum Gasteiger partial charge on any atom is 0.133 e. The van der Waals surface area contributed by atoms with E-state index in [1.807, 2.05) is 0 Å². The minimum atomic E-state index is -0.428. The smallest absolute Gasteiger partial charge is 0.133 e. The molecule has 0 spiro atoms. The lowest BCUT2D eigenvalue weighted by atomic mass is 10.0. The van der Waals surface area contributed by atoms with Gasteiger partial charge in [-0.15, -0.1) is 0 Å². The number of nitrogens with zero attached hydrogens (tertiary/aromatic N) is 2. The predicted octanol–water partition coefficient (Wildman–Crippen LogP) is 2.44. The molecule has 0 aliphatic carbocycles. The van der Waals surface area contributed by atoms with Gasteiger partial charge in [0.15, 0.2) is 0 Å². The fraction of sp³-hybridized carbons (Fsp3) is 0. The number of nitrogens with two attached hydrogens (primary N) is 2. The number of anilines is 2. The molecule has 3 aromatic rings. The summed E-state index contributed by atoms with van der Waals surface area (Å²) in [5, 5.41) is 6.60. The highest BCUT2D eigenvalue weighted by molar-refractivity contribution is 5.79. The highest BCUT2D eigenvalue weighted by atomic mass is 19.1. The zero-order valence-electron chi connectivity index (χ0n) is 10.5. The highest BCUT2D eigenvalue weighted by Gasteiger charge is 2.11. The molecule has 6 heteroatoms. The molecule has 0 saturated carbocycles. The molecule has 0 aliphatic rings. The van der Waals surface area contributed by atoms with Gasteiger partial charge >= 0.3 is 0 Å². The zero-order chi connectivity index (χ0) is 14.1. The molecule has 1 aromatic carbocycles. The first-order valence-electron chi connectivity index (χ1n) is 5.95. The van der Waals surface area contributed by atoms with Crippen molar-refractivity contribution >= 4 is 11.5 Å². The minimum absolute atomic E-state index is 0.265. The van der Waals surface area contributed by atoms with Gasteiger partial charge in [-0.25, -0.2) is 9.37 Å². The standard InChI is InChI=1S/C14H12FN5/c15-13-4-10(16)1-2-11(13)12-3-8(5-18-14(12)17)9-6-19-20-7-9/h1-7H,16H2,(H2,17,18)(H,19,20). The van der Waals surface area contributed by atoms with Crippen LogP contribution in [-0.2, 0) is 0 Å². The summed E-state index contributed by atoms with van der Waals surface area (Å²) >= 11 is 0. The number of nitrogen functional groups attached to an aromatic ring is 2. The fourth-order valence-electron chi connectivity index (χ4n) is 2.01. The molecular weight excluding hydrogens is 257 g/mol. The van der Waals surface area contributed by atoms with Gasteiger partial charge in [0.05, 0.1) is 6.20 Å². The second-order valence-corrected chi connectivity index (χ2v) is 4.38. The molecule has 100 valence electrons. The molecule has 2 aromatic heterocycles. The summed E-state index contributed by atoms with van der Waals surface area (Å²) in [6.45, 7) is 0. The third kappa shape index (κ3) is 2.07. The van der Waals surface area contributed by atoms with E-state index >= 15 is 0 Å². The summed E-state index contributed by atoms with van der Waals surface area (Å²) in [4.78, 5) is 4.11. The molecule has 0 amide bonds. The number of H-pyrrole nitrogens is 1. The molecule has 0 bridgehead atoms. The van der Waals surface area contributed by atoms with Crippen molar-refractivity contribution in [2.45, 2.75) is 0 Å². The Morgan fingerprint density at radius 1 is 1.00 bits per heavy atom. The summed E-state index contributed by atoms with van der Waals surface area (Å²) in [6.07, 6.45) is 5.02. The van der Waals surface area contributed by atoms with Crippen LogP contribution in [0.2, 0.25) is 0 Å². The lowest BCUT2D eigenvalue weighted by Crippen LogP contribution is -1.97. The summed E-state index contributed by atoms with van der Waals surface area (Å²) in [6, 6.07) is 6.26. The van der Waals surface area contributed by atoms with Gasteiger partial charge in [0.25, 0.3) is 0 Å². The normalized spacial score (nSPS) is 10.7. The van der Waals surface area contributed by atoms with Crippen LogP contribution < -0.4 is 11.5 Å². The molecule has 5 N–H and O–H groups in total. The van der Waals surface area contributed by atoms with E-state index in [1.54, 1.807) is 36.8 Å². The topological polar surface area (TPSA) is 93.6 Å². The van der Waals surface area contributed by atoms with Crippen molar-refractivity contribution in [3.63, 3.8) is 0 Å². The average Bonchev–Trinajstić information content (AvgIpc) is 2.94. The summed E-state index contributed by atoms with van der Waals surface area (Å²) in [5.74, 6) is -0.163. The molecule has 0 unspecified atom stereocenters. The van der Waals surface area contributed by atoms with Crippen LogP contribution in [0, 0.1) is 5.82 Å². The van der Waals surface area contributed by atoms with Crippen LogP contribution in [0.1, 0.15) is 0 Å². The number of halogens is 1. The van der Waals surface area contributed by atoms with Crippen molar-refractivity contribution in [3.05, 3.63) is 48.7 Å². The van der Waals surface area contributed by atoms with Gasteiger partial charge in [0, 0.05) is 40.3 Å². The number of aromatic nitrogens is 3. The number of hydrogen-bond acceptors (Lipinski definition) is 4. The van der Waals surface area contributed by atoms with E-state index in [-0.39, 0.29) is 5.82 Å². The Morgan fingerprint density at radius 2 is 1.85 bits per heavy atom. The van der Waals surface area contributed by atoms with E-state index in [2.05, 4.69) is 15.2 Å². The van der Waals surface area contributed by atoms with Crippen molar-refractivity contribution in [2.24, 2.45) is 0 Å². The first kappa shape index (κ1) is 12.2. The molecule has 0 fully saturated rings. The Kier molecular flexibility index (Phi) is 2.83. The largest absolute Gasteiger partial charge is 0.399 e. The lowest BCUT2D eigenvalue weighted by molar-refractivity contribution is 0.632. The van der Waals surface area contributed by atoms with Gasteiger partial charge in [-0.3, -0.25) is 5.10 Å². The van der Waals surface area contributed by atoms with Crippen molar-refractivity contribution in [3.8, 4) is 22.3 Å². The quantitative estimate of drug-likeness (QED) is 0.623. The lowest BCUT2D eigenvalue weighted by Gasteiger charge is -2.09. The maximum atomic E-state index is 14.0. The molecule has 0 atom stereocenters. The molecule has 5 nitrogen and oxygen atoms in total. The van der Waals surface area contributed by atoms with Gasteiger partial charge in [-0.1, -0.05) is 0 Å². The van der Waals surface area contributed by atoms with Crippen molar-refractivity contribution in [1.82, 2.24) is 15.2 Å². The Morgan fingerprint density at radius 3 is 2.55 bits per heavy atom. The number of hydrogen-bond donors (Lipinski definition) is 3. The predicted molar refractivity (Wildman–Crippen MR) is 76.0 cm³/mol. The Bertz CT molecular complexity index is 752. The van der Waals surface area contributed by atoms with Crippen molar-refractivity contribution in [1.29, 1.82) is 0 Å². The molecule has 0 saturated heterocycles. The van der Waals surface area contributed by atoms with Gasteiger partial charge in [-0.2, -0.15) is 5.10 Å². The van der Waals surface area contributed by atoms with Crippen LogP contribution in [0.5, 0.6) is 0 Å². The number of rotatable bonds is 2. The van der Waals surface area contributed by atoms with E-state index in [0.717, 1.165) is 11.1 Å². The van der Waals surface area contributed by atoms with Crippen LogP contribution >= 0.6 is 0 Å². The van der Waals surface area contributed by atoms with Gasteiger partial charge in [0.2, 0.25) is 0 Å². The van der Waals surface area contributed by atoms with Gasteiger partial charge in [0.1, 0.15) is 11.6 Å². The Labute approximate surface area is 114 Å². The molecule has 3 rings (SSSR count). The second-order valence-electron chi connectivity index (χ2n) is 4.38. The maximum absolute atomic E-state index is 14.0. The molecule has 2 heterocycles. The van der Waals surface area contributed by atoms with Crippen LogP contribution in [0.3, 0.4) is 0 Å². The molecular formula is C14H12FN5. The zero-order valence-corrected chi connectivity index (χ0v) is 10.5. The number of aromatic amines is 1. The monoisotopic (exact) mass is 269 g/mol. The van der Waals surface area contributed by atoms with E-state index < -0.39 is 5.82 Å². The molecule has 0 aliphatic heterocycles. The van der Waals surface area contributed by atoms with Gasteiger partial charge < -0.3 is 11.5 Å².